The van der Waals surface area contributed by atoms with Gasteiger partial charge in [-0.3, -0.25) is 0 Å². The van der Waals surface area contributed by atoms with Crippen molar-refractivity contribution in [2.75, 3.05) is 6.61 Å². The third kappa shape index (κ3) is 1.97. The molecule has 0 spiro atoms. The van der Waals surface area contributed by atoms with E-state index in [0.717, 1.165) is 18.4 Å². The highest BCUT2D eigenvalue weighted by atomic mass is 16.5. The van der Waals surface area contributed by atoms with Gasteiger partial charge >= 0.3 is 0 Å². The molecule has 2 rings (SSSR count). The summed E-state index contributed by atoms with van der Waals surface area (Å²) in [5.74, 6) is 1.56. The highest BCUT2D eigenvalue weighted by Gasteiger charge is 2.21. The second kappa shape index (κ2) is 3.13. The molecule has 2 nitrogen and oxygen atoms in total. The van der Waals surface area contributed by atoms with Crippen molar-refractivity contribution >= 4 is 0 Å². The lowest BCUT2D eigenvalue weighted by Crippen LogP contribution is -2.00. The van der Waals surface area contributed by atoms with E-state index in [1.807, 2.05) is 25.3 Å². The van der Waals surface area contributed by atoms with E-state index >= 15 is 0 Å². The maximum Gasteiger partial charge on any atom is 0.213 e. The third-order valence-electron chi connectivity index (χ3n) is 2.05. The average Bonchev–Trinajstić information content (AvgIpc) is 2.87. The Balaban J connectivity index is 1.89. The van der Waals surface area contributed by atoms with Crippen molar-refractivity contribution in [3.63, 3.8) is 0 Å². The summed E-state index contributed by atoms with van der Waals surface area (Å²) >= 11 is 0. The van der Waals surface area contributed by atoms with Crippen LogP contribution in [0.2, 0.25) is 0 Å². The van der Waals surface area contributed by atoms with Crippen LogP contribution < -0.4 is 4.74 Å². The van der Waals surface area contributed by atoms with Gasteiger partial charge in [0.05, 0.1) is 6.61 Å². The lowest BCUT2D eigenvalue weighted by atomic mass is 10.3. The summed E-state index contributed by atoms with van der Waals surface area (Å²) in [5, 5.41) is 0. The molecule has 0 saturated heterocycles. The van der Waals surface area contributed by atoms with Crippen LogP contribution in [0.5, 0.6) is 5.88 Å². The molecule has 64 valence electrons. The molecule has 1 aromatic rings. The van der Waals surface area contributed by atoms with Crippen molar-refractivity contribution in [3.05, 3.63) is 23.9 Å². The maximum atomic E-state index is 5.47. The van der Waals surface area contributed by atoms with Gasteiger partial charge in [-0.05, 0) is 31.2 Å². The van der Waals surface area contributed by atoms with Gasteiger partial charge in [-0.2, -0.15) is 0 Å². The van der Waals surface area contributed by atoms with Gasteiger partial charge in [0.15, 0.2) is 0 Å². The topological polar surface area (TPSA) is 22.1 Å². The highest BCUT2D eigenvalue weighted by Crippen LogP contribution is 2.29. The Morgan fingerprint density at radius 1 is 1.50 bits per heavy atom. The van der Waals surface area contributed by atoms with Crippen LogP contribution in [0.15, 0.2) is 18.3 Å². The molecule has 1 heterocycles. The zero-order chi connectivity index (χ0) is 8.39. The molecule has 0 bridgehead atoms. The zero-order valence-corrected chi connectivity index (χ0v) is 7.29. The first-order valence-electron chi connectivity index (χ1n) is 4.40. The Bertz CT molecular complexity index is 251. The molecule has 1 aliphatic rings. The average molecular weight is 163 g/mol. The Morgan fingerprint density at radius 2 is 2.33 bits per heavy atom. The van der Waals surface area contributed by atoms with E-state index in [2.05, 4.69) is 4.98 Å². The number of ether oxygens (including phenoxy) is 1. The summed E-state index contributed by atoms with van der Waals surface area (Å²) in [7, 11) is 0. The Morgan fingerprint density at radius 3 is 2.92 bits per heavy atom. The van der Waals surface area contributed by atoms with Crippen LogP contribution in [0.3, 0.4) is 0 Å². The predicted octanol–water partition coefficient (Wildman–Crippen LogP) is 2.18. The Labute approximate surface area is 72.6 Å². The fraction of sp³-hybridized carbons (Fsp3) is 0.500. The fourth-order valence-corrected chi connectivity index (χ4v) is 1.03. The van der Waals surface area contributed by atoms with Crippen LogP contribution in [-0.2, 0) is 0 Å². The minimum atomic E-state index is 0.757. The van der Waals surface area contributed by atoms with Gasteiger partial charge < -0.3 is 4.74 Å². The van der Waals surface area contributed by atoms with Gasteiger partial charge in [-0.25, -0.2) is 4.98 Å². The fourth-order valence-electron chi connectivity index (χ4n) is 1.03. The Kier molecular flexibility index (Phi) is 1.98. The number of hydrogen-bond donors (Lipinski definition) is 0. The molecule has 12 heavy (non-hydrogen) atoms. The van der Waals surface area contributed by atoms with Gasteiger partial charge in [-0.1, -0.05) is 6.07 Å². The van der Waals surface area contributed by atoms with Crippen LogP contribution in [0.25, 0.3) is 0 Å². The molecule has 0 N–H and O–H groups in total. The van der Waals surface area contributed by atoms with Crippen molar-refractivity contribution in [1.82, 2.24) is 4.98 Å². The van der Waals surface area contributed by atoms with Gasteiger partial charge in [0.2, 0.25) is 5.88 Å². The number of rotatable bonds is 3. The van der Waals surface area contributed by atoms with Crippen molar-refractivity contribution in [3.8, 4) is 5.88 Å². The molecule has 0 aromatic carbocycles. The summed E-state index contributed by atoms with van der Waals surface area (Å²) in [6.07, 6.45) is 4.49. The van der Waals surface area contributed by atoms with Crippen LogP contribution in [0, 0.1) is 12.8 Å². The molecule has 1 saturated carbocycles. The summed E-state index contributed by atoms with van der Waals surface area (Å²) in [6, 6.07) is 3.95. The summed E-state index contributed by atoms with van der Waals surface area (Å²) in [6.45, 7) is 2.87. The molecule has 0 aliphatic heterocycles. The standard InChI is InChI=1S/C10H13NO/c1-8-2-5-10(11-6-8)12-7-9-3-4-9/h2,5-6,9H,3-4,7H2,1H3. The zero-order valence-electron chi connectivity index (χ0n) is 7.29. The first-order chi connectivity index (χ1) is 5.84. The molecular formula is C10H13NO. The summed E-state index contributed by atoms with van der Waals surface area (Å²) < 4.78 is 5.47. The molecule has 0 amide bonds. The quantitative estimate of drug-likeness (QED) is 0.681. The SMILES string of the molecule is Cc1ccc(OCC2CC2)nc1. The second-order valence-electron chi connectivity index (χ2n) is 3.43. The number of nitrogens with zero attached hydrogens (tertiary/aromatic N) is 1. The number of pyridine rings is 1. The van der Waals surface area contributed by atoms with Gasteiger partial charge in [0.1, 0.15) is 0 Å². The van der Waals surface area contributed by atoms with E-state index < -0.39 is 0 Å². The molecule has 0 radical (unpaired) electrons. The third-order valence-corrected chi connectivity index (χ3v) is 2.05. The van der Waals surface area contributed by atoms with E-state index in [1.54, 1.807) is 0 Å². The first-order valence-corrected chi connectivity index (χ1v) is 4.40. The van der Waals surface area contributed by atoms with Crippen LogP contribution >= 0.6 is 0 Å². The monoisotopic (exact) mass is 163 g/mol. The van der Waals surface area contributed by atoms with Gasteiger partial charge in [-0.15, -0.1) is 0 Å². The Hall–Kier alpha value is -1.05. The van der Waals surface area contributed by atoms with E-state index in [1.165, 1.54) is 18.4 Å². The number of hydrogen-bond acceptors (Lipinski definition) is 2. The predicted molar refractivity (Wildman–Crippen MR) is 47.2 cm³/mol. The lowest BCUT2D eigenvalue weighted by Gasteiger charge is -2.02. The summed E-state index contributed by atoms with van der Waals surface area (Å²) in [4.78, 5) is 4.16. The van der Waals surface area contributed by atoms with E-state index in [-0.39, 0.29) is 0 Å². The van der Waals surface area contributed by atoms with E-state index in [0.29, 0.717) is 0 Å². The maximum absolute atomic E-state index is 5.47. The number of aromatic nitrogens is 1. The normalized spacial score (nSPS) is 16.1. The van der Waals surface area contributed by atoms with E-state index in [4.69, 9.17) is 4.74 Å². The van der Waals surface area contributed by atoms with Crippen LogP contribution in [-0.4, -0.2) is 11.6 Å². The van der Waals surface area contributed by atoms with Crippen molar-refractivity contribution < 1.29 is 4.74 Å². The van der Waals surface area contributed by atoms with Gasteiger partial charge in [0.25, 0.3) is 0 Å². The van der Waals surface area contributed by atoms with Gasteiger partial charge in [0, 0.05) is 12.3 Å². The van der Waals surface area contributed by atoms with E-state index in [9.17, 15) is 0 Å². The van der Waals surface area contributed by atoms with Crippen LogP contribution in [0.1, 0.15) is 18.4 Å². The molecule has 0 unspecified atom stereocenters. The van der Waals surface area contributed by atoms with Crippen molar-refractivity contribution in [1.29, 1.82) is 0 Å². The minimum absolute atomic E-state index is 0.757. The molecule has 0 atom stereocenters. The largest absolute Gasteiger partial charge is 0.477 e. The highest BCUT2D eigenvalue weighted by molar-refractivity contribution is 5.16. The minimum Gasteiger partial charge on any atom is -0.477 e. The summed E-state index contributed by atoms with van der Waals surface area (Å²) in [5.41, 5.74) is 1.17. The molecule has 1 aromatic heterocycles. The molecule has 1 aliphatic carbocycles. The van der Waals surface area contributed by atoms with Crippen molar-refractivity contribution in [2.45, 2.75) is 19.8 Å². The molecule has 2 heteroatoms. The van der Waals surface area contributed by atoms with Crippen molar-refractivity contribution in [2.24, 2.45) is 5.92 Å². The molecular weight excluding hydrogens is 150 g/mol. The van der Waals surface area contributed by atoms with Crippen LogP contribution in [0.4, 0.5) is 0 Å². The second-order valence-corrected chi connectivity index (χ2v) is 3.43. The first kappa shape index (κ1) is 7.59. The number of aryl methyl sites for hydroxylation is 1. The smallest absolute Gasteiger partial charge is 0.213 e. The lowest BCUT2D eigenvalue weighted by molar-refractivity contribution is 0.288. The molecule has 1 fully saturated rings.